The summed E-state index contributed by atoms with van der Waals surface area (Å²) in [5, 5.41) is 4.27. The van der Waals surface area contributed by atoms with Crippen molar-refractivity contribution in [3.8, 4) is 0 Å². The van der Waals surface area contributed by atoms with E-state index in [4.69, 9.17) is 5.73 Å². The summed E-state index contributed by atoms with van der Waals surface area (Å²) in [7, 11) is 1.39. The highest BCUT2D eigenvalue weighted by Gasteiger charge is 2.16. The minimum atomic E-state index is -0.239. The molecule has 17 heavy (non-hydrogen) atoms. The molecule has 0 aliphatic rings. The molecule has 0 bridgehead atoms. The molecule has 0 fully saturated rings. The number of nitrogens with zero attached hydrogens (tertiary/aromatic N) is 2. The molecule has 1 aromatic heterocycles. The van der Waals surface area contributed by atoms with Crippen molar-refractivity contribution in [2.24, 2.45) is 11.7 Å². The van der Waals surface area contributed by atoms with Crippen molar-refractivity contribution >= 4 is 5.97 Å². The molecule has 5 nitrogen and oxygen atoms in total. The Labute approximate surface area is 102 Å². The van der Waals surface area contributed by atoms with Crippen molar-refractivity contribution in [2.75, 3.05) is 13.7 Å². The zero-order valence-corrected chi connectivity index (χ0v) is 10.7. The number of carbonyl (C=O) groups excluding carboxylic acids is 1. The molecule has 0 spiro atoms. The SMILES string of the molecule is COC(=O)CC(CN)c1cnn(CC(C)C)c1. The van der Waals surface area contributed by atoms with Crippen LogP contribution in [-0.4, -0.2) is 29.4 Å². The third-order valence-corrected chi connectivity index (χ3v) is 2.60. The van der Waals surface area contributed by atoms with Gasteiger partial charge in [-0.25, -0.2) is 0 Å². The normalized spacial score (nSPS) is 12.8. The quantitative estimate of drug-likeness (QED) is 0.756. The fraction of sp³-hybridized carbons (Fsp3) is 0.667. The number of hydrogen-bond acceptors (Lipinski definition) is 4. The maximum Gasteiger partial charge on any atom is 0.306 e. The van der Waals surface area contributed by atoms with Crippen LogP contribution in [0.1, 0.15) is 31.7 Å². The van der Waals surface area contributed by atoms with Crippen LogP contribution in [0.3, 0.4) is 0 Å². The summed E-state index contributed by atoms with van der Waals surface area (Å²) in [5.74, 6) is 0.292. The summed E-state index contributed by atoms with van der Waals surface area (Å²) in [6.07, 6.45) is 4.05. The number of carbonyl (C=O) groups is 1. The third-order valence-electron chi connectivity index (χ3n) is 2.60. The van der Waals surface area contributed by atoms with Gasteiger partial charge in [-0.3, -0.25) is 9.48 Å². The van der Waals surface area contributed by atoms with Crippen LogP contribution < -0.4 is 5.73 Å². The Hall–Kier alpha value is -1.36. The van der Waals surface area contributed by atoms with Gasteiger partial charge in [0.15, 0.2) is 0 Å². The van der Waals surface area contributed by atoms with E-state index in [0.29, 0.717) is 18.9 Å². The van der Waals surface area contributed by atoms with Crippen molar-refractivity contribution in [2.45, 2.75) is 32.7 Å². The predicted octanol–water partition coefficient (Wildman–Crippen LogP) is 1.14. The van der Waals surface area contributed by atoms with Crippen LogP contribution in [0, 0.1) is 5.92 Å². The Morgan fingerprint density at radius 3 is 2.82 bits per heavy atom. The molecule has 5 heteroatoms. The standard InChI is InChI=1S/C12H21N3O2/c1-9(2)7-15-8-11(6-14-15)10(5-13)4-12(16)17-3/h6,8-10H,4-5,7,13H2,1-3H3. The van der Waals surface area contributed by atoms with Crippen molar-refractivity contribution in [1.82, 2.24) is 9.78 Å². The fourth-order valence-corrected chi connectivity index (χ4v) is 1.69. The minimum absolute atomic E-state index is 0.0108. The van der Waals surface area contributed by atoms with Crippen molar-refractivity contribution < 1.29 is 9.53 Å². The molecule has 0 aromatic carbocycles. The molecular formula is C12H21N3O2. The smallest absolute Gasteiger partial charge is 0.306 e. The minimum Gasteiger partial charge on any atom is -0.469 e. The zero-order chi connectivity index (χ0) is 12.8. The first-order chi connectivity index (χ1) is 8.06. The van der Waals surface area contributed by atoms with E-state index < -0.39 is 0 Å². The number of esters is 1. The summed E-state index contributed by atoms with van der Waals surface area (Å²) in [6.45, 7) is 5.56. The van der Waals surface area contributed by atoms with Crippen molar-refractivity contribution in [1.29, 1.82) is 0 Å². The van der Waals surface area contributed by atoms with E-state index in [1.165, 1.54) is 7.11 Å². The highest BCUT2D eigenvalue weighted by molar-refractivity contribution is 5.70. The van der Waals surface area contributed by atoms with Crippen LogP contribution in [0.25, 0.3) is 0 Å². The number of hydrogen-bond donors (Lipinski definition) is 1. The number of aromatic nitrogens is 2. The molecule has 0 radical (unpaired) electrons. The molecule has 0 aliphatic carbocycles. The first-order valence-electron chi connectivity index (χ1n) is 5.86. The van der Waals surface area contributed by atoms with Gasteiger partial charge in [-0.2, -0.15) is 5.10 Å². The van der Waals surface area contributed by atoms with E-state index >= 15 is 0 Å². The number of ether oxygens (including phenoxy) is 1. The summed E-state index contributed by atoms with van der Waals surface area (Å²) < 4.78 is 6.54. The van der Waals surface area contributed by atoms with Gasteiger partial charge in [-0.05, 0) is 18.0 Å². The van der Waals surface area contributed by atoms with Crippen molar-refractivity contribution in [3.05, 3.63) is 18.0 Å². The lowest BCUT2D eigenvalue weighted by molar-refractivity contribution is -0.141. The van der Waals surface area contributed by atoms with Crippen LogP contribution in [0.4, 0.5) is 0 Å². The van der Waals surface area contributed by atoms with Gasteiger partial charge in [0.2, 0.25) is 0 Å². The van der Waals surface area contributed by atoms with Gasteiger partial charge in [-0.15, -0.1) is 0 Å². The zero-order valence-electron chi connectivity index (χ0n) is 10.7. The van der Waals surface area contributed by atoms with Crippen LogP contribution in [0.5, 0.6) is 0 Å². The molecule has 0 amide bonds. The number of rotatable bonds is 6. The summed E-state index contributed by atoms with van der Waals surface area (Å²) >= 11 is 0. The molecule has 1 heterocycles. The molecule has 1 atom stereocenters. The maximum atomic E-state index is 11.2. The maximum absolute atomic E-state index is 11.2. The molecule has 0 saturated heterocycles. The first-order valence-corrected chi connectivity index (χ1v) is 5.86. The molecule has 1 rings (SSSR count). The van der Waals surface area contributed by atoms with Crippen LogP contribution in [-0.2, 0) is 16.1 Å². The predicted molar refractivity (Wildman–Crippen MR) is 65.5 cm³/mol. The van der Waals surface area contributed by atoms with Gasteiger partial charge in [-0.1, -0.05) is 13.8 Å². The molecule has 0 aliphatic heterocycles. The second-order valence-electron chi connectivity index (χ2n) is 4.60. The Morgan fingerprint density at radius 2 is 2.29 bits per heavy atom. The van der Waals surface area contributed by atoms with E-state index in [0.717, 1.165) is 12.1 Å². The molecule has 1 unspecified atom stereocenters. The van der Waals surface area contributed by atoms with Crippen molar-refractivity contribution in [3.63, 3.8) is 0 Å². The average Bonchev–Trinajstić information content (AvgIpc) is 2.72. The largest absolute Gasteiger partial charge is 0.469 e. The number of nitrogens with two attached hydrogens (primary N) is 1. The molecule has 0 saturated carbocycles. The van der Waals surface area contributed by atoms with Gasteiger partial charge in [0, 0.05) is 18.7 Å². The van der Waals surface area contributed by atoms with Crippen LogP contribution >= 0.6 is 0 Å². The summed E-state index contributed by atoms with van der Waals surface area (Å²) in [5.41, 5.74) is 6.67. The number of methoxy groups -OCH3 is 1. The first kappa shape index (κ1) is 13.7. The lowest BCUT2D eigenvalue weighted by Crippen LogP contribution is -2.17. The summed E-state index contributed by atoms with van der Waals surface area (Å²) in [6, 6.07) is 0. The summed E-state index contributed by atoms with van der Waals surface area (Å²) in [4.78, 5) is 11.2. The van der Waals surface area contributed by atoms with E-state index in [2.05, 4.69) is 23.7 Å². The van der Waals surface area contributed by atoms with Gasteiger partial charge >= 0.3 is 5.97 Å². The highest BCUT2D eigenvalue weighted by Crippen LogP contribution is 2.18. The molecule has 2 N–H and O–H groups in total. The van der Waals surface area contributed by atoms with Crippen LogP contribution in [0.2, 0.25) is 0 Å². The van der Waals surface area contributed by atoms with Gasteiger partial charge < -0.3 is 10.5 Å². The van der Waals surface area contributed by atoms with Crippen LogP contribution in [0.15, 0.2) is 12.4 Å². The Balaban J connectivity index is 2.68. The Bertz CT molecular complexity index is 360. The third kappa shape index (κ3) is 4.19. The van der Waals surface area contributed by atoms with E-state index in [-0.39, 0.29) is 11.9 Å². The lowest BCUT2D eigenvalue weighted by Gasteiger charge is -2.10. The highest BCUT2D eigenvalue weighted by atomic mass is 16.5. The molecule has 96 valence electrons. The average molecular weight is 239 g/mol. The van der Waals surface area contributed by atoms with E-state index in [9.17, 15) is 4.79 Å². The van der Waals surface area contributed by atoms with E-state index in [1.54, 1.807) is 6.20 Å². The fourth-order valence-electron chi connectivity index (χ4n) is 1.69. The second-order valence-corrected chi connectivity index (χ2v) is 4.60. The van der Waals surface area contributed by atoms with Gasteiger partial charge in [0.25, 0.3) is 0 Å². The second kappa shape index (κ2) is 6.39. The molecular weight excluding hydrogens is 218 g/mol. The topological polar surface area (TPSA) is 70.1 Å². The van der Waals surface area contributed by atoms with E-state index in [1.807, 2.05) is 10.9 Å². The molecule has 1 aromatic rings. The lowest BCUT2D eigenvalue weighted by atomic mass is 9.99. The van der Waals surface area contributed by atoms with Gasteiger partial charge in [0.1, 0.15) is 0 Å². The Morgan fingerprint density at radius 1 is 1.59 bits per heavy atom. The van der Waals surface area contributed by atoms with Gasteiger partial charge in [0.05, 0.1) is 19.7 Å². The Kier molecular flexibility index (Phi) is 5.15. The monoisotopic (exact) mass is 239 g/mol.